The fraction of sp³-hybridized carbons (Fsp3) is 0.333. The number of amides is 1. The molecule has 1 aromatic carbocycles. The predicted octanol–water partition coefficient (Wildman–Crippen LogP) is 4.00. The summed E-state index contributed by atoms with van der Waals surface area (Å²) in [7, 11) is 0. The zero-order chi connectivity index (χ0) is 15.4. The lowest BCUT2D eigenvalue weighted by molar-refractivity contribution is 0.102. The number of aromatic nitrogens is 1. The van der Waals surface area contributed by atoms with Crippen LogP contribution in [-0.4, -0.2) is 16.9 Å². The Hall–Kier alpha value is -2.36. The second kappa shape index (κ2) is 6.60. The minimum absolute atomic E-state index is 0.101. The first-order valence-electron chi connectivity index (χ1n) is 7.82. The molecule has 1 aliphatic carbocycles. The molecular formula is C18H21N3O. The van der Waals surface area contributed by atoms with Crippen LogP contribution >= 0.6 is 0 Å². The highest BCUT2D eigenvalue weighted by Crippen LogP contribution is 2.22. The molecule has 0 radical (unpaired) electrons. The number of anilines is 2. The molecule has 1 saturated carbocycles. The second-order valence-electron chi connectivity index (χ2n) is 5.83. The van der Waals surface area contributed by atoms with Crippen molar-refractivity contribution in [3.63, 3.8) is 0 Å². The standard InChI is InChI=1S/C18H21N3O/c1-13-6-2-5-9-16(13)18(22)21-15-10-11-17(19-12-15)20-14-7-3-4-8-14/h2,5-6,9-12,14H,3-4,7-8H2,1H3,(H,19,20)(H,21,22). The van der Waals surface area contributed by atoms with Crippen LogP contribution in [0, 0.1) is 6.92 Å². The lowest BCUT2D eigenvalue weighted by atomic mass is 10.1. The molecule has 0 bridgehead atoms. The van der Waals surface area contributed by atoms with Crippen LogP contribution in [0.5, 0.6) is 0 Å². The highest BCUT2D eigenvalue weighted by Gasteiger charge is 2.15. The fourth-order valence-corrected chi connectivity index (χ4v) is 2.86. The maximum absolute atomic E-state index is 12.2. The zero-order valence-electron chi connectivity index (χ0n) is 12.8. The molecule has 114 valence electrons. The summed E-state index contributed by atoms with van der Waals surface area (Å²) in [6.45, 7) is 1.93. The van der Waals surface area contributed by atoms with E-state index in [9.17, 15) is 4.79 Å². The lowest BCUT2D eigenvalue weighted by Gasteiger charge is -2.13. The molecule has 0 aliphatic heterocycles. The van der Waals surface area contributed by atoms with E-state index in [1.54, 1.807) is 6.20 Å². The molecule has 22 heavy (non-hydrogen) atoms. The quantitative estimate of drug-likeness (QED) is 0.896. The van der Waals surface area contributed by atoms with E-state index in [2.05, 4.69) is 15.6 Å². The number of pyridine rings is 1. The Morgan fingerprint density at radius 3 is 2.59 bits per heavy atom. The molecule has 1 aliphatic rings. The number of nitrogens with zero attached hydrogens (tertiary/aromatic N) is 1. The summed E-state index contributed by atoms with van der Waals surface area (Å²) < 4.78 is 0. The van der Waals surface area contributed by atoms with E-state index in [4.69, 9.17) is 0 Å². The highest BCUT2D eigenvalue weighted by atomic mass is 16.1. The van der Waals surface area contributed by atoms with Crippen LogP contribution in [-0.2, 0) is 0 Å². The molecule has 1 amide bonds. The molecule has 0 saturated heterocycles. The van der Waals surface area contributed by atoms with Crippen molar-refractivity contribution in [3.05, 3.63) is 53.7 Å². The summed E-state index contributed by atoms with van der Waals surface area (Å²) in [6, 6.07) is 11.9. The zero-order valence-corrected chi connectivity index (χ0v) is 12.8. The first-order valence-corrected chi connectivity index (χ1v) is 7.82. The molecule has 2 aromatic rings. The average Bonchev–Trinajstić information content (AvgIpc) is 3.02. The Labute approximate surface area is 131 Å². The van der Waals surface area contributed by atoms with Gasteiger partial charge in [0.2, 0.25) is 0 Å². The molecule has 1 fully saturated rings. The maximum atomic E-state index is 12.2. The van der Waals surface area contributed by atoms with Gasteiger partial charge in [-0.15, -0.1) is 0 Å². The van der Waals surface area contributed by atoms with Crippen molar-refractivity contribution in [2.75, 3.05) is 10.6 Å². The summed E-state index contributed by atoms with van der Waals surface area (Å²) in [6.07, 6.45) is 6.72. The number of hydrogen-bond acceptors (Lipinski definition) is 3. The minimum Gasteiger partial charge on any atom is -0.367 e. The SMILES string of the molecule is Cc1ccccc1C(=O)Nc1ccc(NC2CCCC2)nc1. The van der Waals surface area contributed by atoms with E-state index in [0.29, 0.717) is 17.3 Å². The largest absolute Gasteiger partial charge is 0.367 e. The average molecular weight is 295 g/mol. The number of rotatable bonds is 4. The predicted molar refractivity (Wildman–Crippen MR) is 89.2 cm³/mol. The Kier molecular flexibility index (Phi) is 4.37. The monoisotopic (exact) mass is 295 g/mol. The van der Waals surface area contributed by atoms with Crippen LogP contribution in [0.3, 0.4) is 0 Å². The number of carbonyl (C=O) groups excluding carboxylic acids is 1. The van der Waals surface area contributed by atoms with Crippen LogP contribution in [0.2, 0.25) is 0 Å². The summed E-state index contributed by atoms with van der Waals surface area (Å²) in [5.74, 6) is 0.775. The van der Waals surface area contributed by atoms with E-state index < -0.39 is 0 Å². The Morgan fingerprint density at radius 1 is 1.14 bits per heavy atom. The summed E-state index contributed by atoms with van der Waals surface area (Å²) >= 11 is 0. The number of hydrogen-bond donors (Lipinski definition) is 2. The number of nitrogens with one attached hydrogen (secondary N) is 2. The van der Waals surface area contributed by atoms with Gasteiger partial charge < -0.3 is 10.6 Å². The number of carbonyl (C=O) groups is 1. The van der Waals surface area contributed by atoms with Gasteiger partial charge in [-0.05, 0) is 43.5 Å². The Morgan fingerprint density at radius 2 is 1.91 bits per heavy atom. The van der Waals surface area contributed by atoms with Crippen molar-refractivity contribution in [3.8, 4) is 0 Å². The van der Waals surface area contributed by atoms with Gasteiger partial charge in [-0.25, -0.2) is 4.98 Å². The van der Waals surface area contributed by atoms with E-state index in [0.717, 1.165) is 11.4 Å². The summed E-state index contributed by atoms with van der Waals surface area (Å²) in [4.78, 5) is 16.6. The van der Waals surface area contributed by atoms with Crippen LogP contribution in [0.4, 0.5) is 11.5 Å². The van der Waals surface area contributed by atoms with Crippen molar-refractivity contribution in [1.29, 1.82) is 0 Å². The third-order valence-electron chi connectivity index (χ3n) is 4.12. The van der Waals surface area contributed by atoms with Gasteiger partial charge >= 0.3 is 0 Å². The van der Waals surface area contributed by atoms with Gasteiger partial charge in [0.25, 0.3) is 5.91 Å². The van der Waals surface area contributed by atoms with E-state index >= 15 is 0 Å². The van der Waals surface area contributed by atoms with Gasteiger partial charge in [-0.2, -0.15) is 0 Å². The van der Waals surface area contributed by atoms with Gasteiger partial charge in [-0.1, -0.05) is 31.0 Å². The fourth-order valence-electron chi connectivity index (χ4n) is 2.86. The molecule has 1 aromatic heterocycles. The van der Waals surface area contributed by atoms with Gasteiger partial charge in [0.05, 0.1) is 11.9 Å². The second-order valence-corrected chi connectivity index (χ2v) is 5.83. The highest BCUT2D eigenvalue weighted by molar-refractivity contribution is 6.05. The minimum atomic E-state index is -0.101. The molecule has 0 spiro atoms. The van der Waals surface area contributed by atoms with Crippen LogP contribution in [0.15, 0.2) is 42.6 Å². The maximum Gasteiger partial charge on any atom is 0.255 e. The van der Waals surface area contributed by atoms with Gasteiger partial charge in [0, 0.05) is 11.6 Å². The van der Waals surface area contributed by atoms with Crippen molar-refractivity contribution in [1.82, 2.24) is 4.98 Å². The number of aryl methyl sites for hydroxylation is 1. The van der Waals surface area contributed by atoms with E-state index in [-0.39, 0.29) is 5.91 Å². The third-order valence-corrected chi connectivity index (χ3v) is 4.12. The van der Waals surface area contributed by atoms with E-state index in [1.165, 1.54) is 25.7 Å². The molecule has 0 unspecified atom stereocenters. The molecule has 0 atom stereocenters. The Balaban J connectivity index is 1.63. The topological polar surface area (TPSA) is 54.0 Å². The summed E-state index contributed by atoms with van der Waals surface area (Å²) in [5.41, 5.74) is 2.37. The molecule has 4 heteroatoms. The number of benzene rings is 1. The van der Waals surface area contributed by atoms with Gasteiger partial charge in [0.15, 0.2) is 0 Å². The normalized spacial score (nSPS) is 14.8. The van der Waals surface area contributed by atoms with Gasteiger partial charge in [0.1, 0.15) is 5.82 Å². The molecular weight excluding hydrogens is 274 g/mol. The first kappa shape index (κ1) is 14.6. The Bertz CT molecular complexity index is 646. The summed E-state index contributed by atoms with van der Waals surface area (Å²) in [5, 5.41) is 6.33. The van der Waals surface area contributed by atoms with E-state index in [1.807, 2.05) is 43.3 Å². The van der Waals surface area contributed by atoms with Crippen molar-refractivity contribution >= 4 is 17.4 Å². The van der Waals surface area contributed by atoms with Crippen LogP contribution in [0.25, 0.3) is 0 Å². The lowest BCUT2D eigenvalue weighted by Crippen LogP contribution is -2.16. The molecule has 2 N–H and O–H groups in total. The van der Waals surface area contributed by atoms with Crippen LogP contribution < -0.4 is 10.6 Å². The van der Waals surface area contributed by atoms with Gasteiger partial charge in [-0.3, -0.25) is 4.79 Å². The smallest absolute Gasteiger partial charge is 0.255 e. The molecule has 3 rings (SSSR count). The van der Waals surface area contributed by atoms with Crippen molar-refractivity contribution in [2.45, 2.75) is 38.6 Å². The third kappa shape index (κ3) is 3.45. The molecule has 1 heterocycles. The molecule has 4 nitrogen and oxygen atoms in total. The first-order chi connectivity index (χ1) is 10.7. The van der Waals surface area contributed by atoms with Crippen molar-refractivity contribution in [2.24, 2.45) is 0 Å². The van der Waals surface area contributed by atoms with Crippen molar-refractivity contribution < 1.29 is 4.79 Å². The van der Waals surface area contributed by atoms with Crippen LogP contribution in [0.1, 0.15) is 41.6 Å².